The van der Waals surface area contributed by atoms with E-state index >= 15 is 0 Å². The van der Waals surface area contributed by atoms with Gasteiger partial charge in [-0.25, -0.2) is 0 Å². The molecule has 0 aliphatic carbocycles. The van der Waals surface area contributed by atoms with Crippen LogP contribution < -0.4 is 25.8 Å². The molecule has 4 rings (SSSR count). The number of nitrogens with one attached hydrogen (secondary N) is 2. The van der Waals surface area contributed by atoms with E-state index in [9.17, 15) is 9.59 Å². The highest BCUT2D eigenvalue weighted by atomic mass is 16.5. The Kier molecular flexibility index (Phi) is 8.62. The minimum atomic E-state index is -0.363. The predicted octanol–water partition coefficient (Wildman–Crippen LogP) is 4.49. The van der Waals surface area contributed by atoms with Crippen molar-refractivity contribution in [3.63, 3.8) is 0 Å². The third-order valence-electron chi connectivity index (χ3n) is 5.49. The highest BCUT2D eigenvalue weighted by Crippen LogP contribution is 2.33. The van der Waals surface area contributed by atoms with Crippen LogP contribution in [-0.4, -0.2) is 45.3 Å². The van der Waals surface area contributed by atoms with E-state index in [1.165, 1.54) is 0 Å². The number of methoxy groups -OCH3 is 1. The zero-order valence-electron chi connectivity index (χ0n) is 20.5. The van der Waals surface area contributed by atoms with Crippen LogP contribution in [0.4, 0.5) is 11.4 Å². The molecule has 0 aliphatic rings. The molecule has 4 N–H and O–H groups in total. The van der Waals surface area contributed by atoms with Gasteiger partial charge in [0.05, 0.1) is 30.0 Å². The first-order valence-electron chi connectivity index (χ1n) is 11.9. The van der Waals surface area contributed by atoms with Gasteiger partial charge in [0, 0.05) is 19.2 Å². The zero-order chi connectivity index (χ0) is 26.0. The summed E-state index contributed by atoms with van der Waals surface area (Å²) in [5.74, 6) is 0.527. The molecule has 0 radical (unpaired) electrons. The molecule has 9 nitrogen and oxygen atoms in total. The number of amides is 2. The van der Waals surface area contributed by atoms with Crippen molar-refractivity contribution >= 4 is 34.2 Å². The Balaban J connectivity index is 1.24. The minimum Gasteiger partial charge on any atom is -0.494 e. The lowest BCUT2D eigenvalue weighted by molar-refractivity contribution is 0.0915. The fourth-order valence-corrected chi connectivity index (χ4v) is 3.59. The number of benzene rings is 3. The summed E-state index contributed by atoms with van der Waals surface area (Å²) in [4.78, 5) is 25.2. The van der Waals surface area contributed by atoms with Gasteiger partial charge in [-0.1, -0.05) is 24.3 Å². The molecule has 9 heteroatoms. The van der Waals surface area contributed by atoms with Gasteiger partial charge < -0.3 is 35.0 Å². The van der Waals surface area contributed by atoms with Gasteiger partial charge in [0.15, 0.2) is 5.75 Å². The second-order valence-corrected chi connectivity index (χ2v) is 8.12. The Hall–Kier alpha value is -4.50. The molecule has 0 spiro atoms. The van der Waals surface area contributed by atoms with Gasteiger partial charge in [-0.05, 0) is 55.0 Å². The molecule has 0 bridgehead atoms. The van der Waals surface area contributed by atoms with E-state index in [1.807, 2.05) is 18.2 Å². The second-order valence-electron chi connectivity index (χ2n) is 8.12. The number of furan rings is 1. The summed E-state index contributed by atoms with van der Waals surface area (Å²) in [5, 5.41) is 6.36. The molecule has 3 aromatic carbocycles. The van der Waals surface area contributed by atoms with Gasteiger partial charge >= 0.3 is 0 Å². The van der Waals surface area contributed by atoms with Crippen molar-refractivity contribution in [1.82, 2.24) is 5.32 Å². The first kappa shape index (κ1) is 25.6. The molecule has 0 aliphatic heterocycles. The number of ether oxygens (including phenoxy) is 3. The van der Waals surface area contributed by atoms with Crippen molar-refractivity contribution < 1.29 is 28.2 Å². The number of rotatable bonds is 12. The van der Waals surface area contributed by atoms with Gasteiger partial charge in [-0.15, -0.1) is 0 Å². The van der Waals surface area contributed by atoms with E-state index < -0.39 is 0 Å². The molecule has 1 heterocycles. The summed E-state index contributed by atoms with van der Waals surface area (Å²) >= 11 is 0. The van der Waals surface area contributed by atoms with Crippen molar-refractivity contribution in [3.8, 4) is 11.5 Å². The number of nitrogens with two attached hydrogens (primary N) is 1. The highest BCUT2D eigenvalue weighted by Gasteiger charge is 2.21. The maximum Gasteiger partial charge on any atom is 0.290 e. The number of nitrogen functional groups attached to an aromatic ring is 1. The van der Waals surface area contributed by atoms with Crippen molar-refractivity contribution in [2.75, 3.05) is 44.5 Å². The van der Waals surface area contributed by atoms with Crippen LogP contribution in [0.2, 0.25) is 0 Å². The van der Waals surface area contributed by atoms with Crippen LogP contribution in [0.15, 0.2) is 77.2 Å². The Morgan fingerprint density at radius 3 is 2.41 bits per heavy atom. The molecular weight excluding hydrogens is 474 g/mol. The van der Waals surface area contributed by atoms with Crippen LogP contribution in [0.1, 0.15) is 27.3 Å². The van der Waals surface area contributed by atoms with Gasteiger partial charge in [0.25, 0.3) is 11.8 Å². The van der Waals surface area contributed by atoms with E-state index in [4.69, 9.17) is 24.4 Å². The normalized spacial score (nSPS) is 10.7. The smallest absolute Gasteiger partial charge is 0.290 e. The summed E-state index contributed by atoms with van der Waals surface area (Å²) < 4.78 is 22.3. The first-order chi connectivity index (χ1) is 18.1. The maximum atomic E-state index is 12.8. The number of carbonyl (C=O) groups is 2. The standard InChI is InChI=1S/C28H29N3O6/c1-34-17-18-36-25-21-7-2-5-10-24(21)37-26(25)28(33)30-15-6-16-35-20-13-11-19(12-14-20)27(32)31-23-9-4-3-8-22(23)29/h2-5,7-14H,6,15-18,29H2,1H3,(H,30,33)(H,31,32). The number of carbonyl (C=O) groups excluding carboxylic acids is 2. The van der Waals surface area contributed by atoms with E-state index in [0.717, 1.165) is 5.39 Å². The summed E-state index contributed by atoms with van der Waals surface area (Å²) in [6, 6.07) is 21.2. The summed E-state index contributed by atoms with van der Waals surface area (Å²) in [7, 11) is 1.58. The highest BCUT2D eigenvalue weighted by molar-refractivity contribution is 6.05. The van der Waals surface area contributed by atoms with Crippen LogP contribution in [0.25, 0.3) is 11.0 Å². The monoisotopic (exact) mass is 503 g/mol. The van der Waals surface area contributed by atoms with Crippen molar-refractivity contribution in [3.05, 3.63) is 84.1 Å². The fraction of sp³-hybridized carbons (Fsp3) is 0.214. The number of para-hydroxylation sites is 3. The molecule has 0 atom stereocenters. The lowest BCUT2D eigenvalue weighted by Crippen LogP contribution is -2.25. The van der Waals surface area contributed by atoms with Crippen LogP contribution in [-0.2, 0) is 4.74 Å². The molecule has 0 saturated heterocycles. The lowest BCUT2D eigenvalue weighted by atomic mass is 10.2. The molecular formula is C28H29N3O6. The van der Waals surface area contributed by atoms with Crippen LogP contribution >= 0.6 is 0 Å². The van der Waals surface area contributed by atoms with E-state index in [0.29, 0.717) is 66.8 Å². The van der Waals surface area contributed by atoms with Gasteiger partial charge in [0.1, 0.15) is 17.9 Å². The quantitative estimate of drug-likeness (QED) is 0.192. The van der Waals surface area contributed by atoms with E-state index in [1.54, 1.807) is 61.7 Å². The maximum absolute atomic E-state index is 12.8. The minimum absolute atomic E-state index is 0.129. The van der Waals surface area contributed by atoms with Crippen LogP contribution in [0, 0.1) is 0 Å². The predicted molar refractivity (Wildman–Crippen MR) is 141 cm³/mol. The van der Waals surface area contributed by atoms with Crippen molar-refractivity contribution in [1.29, 1.82) is 0 Å². The third kappa shape index (κ3) is 6.59. The zero-order valence-corrected chi connectivity index (χ0v) is 20.5. The van der Waals surface area contributed by atoms with E-state index in [2.05, 4.69) is 10.6 Å². The molecule has 192 valence electrons. The van der Waals surface area contributed by atoms with Gasteiger partial charge in [-0.2, -0.15) is 0 Å². The summed E-state index contributed by atoms with van der Waals surface area (Å²) in [6.45, 7) is 1.45. The van der Waals surface area contributed by atoms with Crippen LogP contribution in [0.3, 0.4) is 0 Å². The Labute approximate surface area is 214 Å². The third-order valence-corrected chi connectivity index (χ3v) is 5.49. The molecule has 4 aromatic rings. The molecule has 1 aromatic heterocycles. The topological polar surface area (TPSA) is 125 Å². The molecule has 0 fully saturated rings. The molecule has 2 amide bonds. The van der Waals surface area contributed by atoms with Gasteiger partial charge in [-0.3, -0.25) is 9.59 Å². The fourth-order valence-electron chi connectivity index (χ4n) is 3.59. The average molecular weight is 504 g/mol. The number of hydrogen-bond donors (Lipinski definition) is 3. The average Bonchev–Trinajstić information content (AvgIpc) is 3.29. The Morgan fingerprint density at radius 1 is 0.865 bits per heavy atom. The lowest BCUT2D eigenvalue weighted by Gasteiger charge is -2.10. The summed E-state index contributed by atoms with van der Waals surface area (Å²) in [6.07, 6.45) is 0.571. The van der Waals surface area contributed by atoms with Crippen molar-refractivity contribution in [2.24, 2.45) is 0 Å². The Bertz CT molecular complexity index is 1350. The first-order valence-corrected chi connectivity index (χ1v) is 11.9. The largest absolute Gasteiger partial charge is 0.494 e. The molecule has 0 unspecified atom stereocenters. The molecule has 0 saturated carbocycles. The second kappa shape index (κ2) is 12.5. The van der Waals surface area contributed by atoms with Gasteiger partial charge in [0.2, 0.25) is 5.76 Å². The summed E-state index contributed by atoms with van der Waals surface area (Å²) in [5.41, 5.74) is 7.99. The number of hydrogen-bond acceptors (Lipinski definition) is 7. The van der Waals surface area contributed by atoms with Crippen LogP contribution in [0.5, 0.6) is 11.5 Å². The van der Waals surface area contributed by atoms with Crippen molar-refractivity contribution in [2.45, 2.75) is 6.42 Å². The Morgan fingerprint density at radius 2 is 1.62 bits per heavy atom. The van der Waals surface area contributed by atoms with E-state index in [-0.39, 0.29) is 17.6 Å². The number of fused-ring (bicyclic) bond motifs is 1. The molecule has 37 heavy (non-hydrogen) atoms. The SMILES string of the molecule is COCCOc1c(C(=O)NCCCOc2ccc(C(=O)Nc3ccccc3N)cc2)oc2ccccc12. The number of anilines is 2.